The number of aromatic nitrogens is 1. The fourth-order valence-corrected chi connectivity index (χ4v) is 1.42. The van der Waals surface area contributed by atoms with E-state index < -0.39 is 0 Å². The van der Waals surface area contributed by atoms with Gasteiger partial charge in [-0.2, -0.15) is 5.26 Å². The smallest absolute Gasteiger partial charge is 0.189 e. The number of nitriles is 1. The van der Waals surface area contributed by atoms with Crippen molar-refractivity contribution in [2.24, 2.45) is 0 Å². The Balaban J connectivity index is 2.82. The Labute approximate surface area is 64.5 Å². The summed E-state index contributed by atoms with van der Waals surface area (Å²) < 4.78 is 1.56. The Bertz CT molecular complexity index is 246. The van der Waals surface area contributed by atoms with E-state index in [1.807, 2.05) is 12.1 Å². The Kier molecular flexibility index (Phi) is 2.41. The SMILES string of the molecule is CCSc1cccn1C#N. The number of hydrogen-bond acceptors (Lipinski definition) is 2. The monoisotopic (exact) mass is 152 g/mol. The maximum Gasteiger partial charge on any atom is 0.189 e. The molecular weight excluding hydrogens is 144 g/mol. The van der Waals surface area contributed by atoms with Crippen LogP contribution in [0, 0.1) is 11.5 Å². The molecule has 2 nitrogen and oxygen atoms in total. The molecule has 0 spiro atoms. The van der Waals surface area contributed by atoms with Gasteiger partial charge < -0.3 is 0 Å². The predicted molar refractivity (Wildman–Crippen MR) is 41.8 cm³/mol. The summed E-state index contributed by atoms with van der Waals surface area (Å²) in [5.41, 5.74) is 0. The van der Waals surface area contributed by atoms with Gasteiger partial charge >= 0.3 is 0 Å². The molecule has 0 aromatic carbocycles. The van der Waals surface area contributed by atoms with Crippen molar-refractivity contribution in [1.29, 1.82) is 5.26 Å². The normalized spacial score (nSPS) is 9.20. The van der Waals surface area contributed by atoms with E-state index in [4.69, 9.17) is 5.26 Å². The van der Waals surface area contributed by atoms with Gasteiger partial charge in [0.05, 0.1) is 5.03 Å². The molecule has 0 saturated carbocycles. The van der Waals surface area contributed by atoms with Gasteiger partial charge in [-0.15, -0.1) is 11.8 Å². The van der Waals surface area contributed by atoms with Crippen molar-refractivity contribution in [2.45, 2.75) is 11.9 Å². The van der Waals surface area contributed by atoms with Crippen molar-refractivity contribution in [2.75, 3.05) is 5.75 Å². The van der Waals surface area contributed by atoms with Gasteiger partial charge in [0.2, 0.25) is 0 Å². The fourth-order valence-electron chi connectivity index (χ4n) is 0.713. The first-order chi connectivity index (χ1) is 4.88. The van der Waals surface area contributed by atoms with Gasteiger partial charge in [0.15, 0.2) is 6.19 Å². The molecule has 1 heterocycles. The van der Waals surface area contributed by atoms with Crippen LogP contribution in [0.1, 0.15) is 6.92 Å². The summed E-state index contributed by atoms with van der Waals surface area (Å²) in [6.45, 7) is 2.07. The maximum absolute atomic E-state index is 8.53. The van der Waals surface area contributed by atoms with E-state index in [1.54, 1.807) is 22.5 Å². The quantitative estimate of drug-likeness (QED) is 0.606. The van der Waals surface area contributed by atoms with E-state index in [1.165, 1.54) is 0 Å². The van der Waals surface area contributed by atoms with Crippen LogP contribution in [-0.4, -0.2) is 10.3 Å². The minimum atomic E-state index is 1.01. The minimum absolute atomic E-state index is 1.01. The number of hydrogen-bond donors (Lipinski definition) is 0. The number of rotatable bonds is 2. The summed E-state index contributed by atoms with van der Waals surface area (Å²) in [5.74, 6) is 1.01. The van der Waals surface area contributed by atoms with E-state index >= 15 is 0 Å². The van der Waals surface area contributed by atoms with Crippen LogP contribution in [0.2, 0.25) is 0 Å². The van der Waals surface area contributed by atoms with Crippen LogP contribution < -0.4 is 0 Å². The second kappa shape index (κ2) is 3.33. The third kappa shape index (κ3) is 1.34. The maximum atomic E-state index is 8.53. The molecule has 1 rings (SSSR count). The highest BCUT2D eigenvalue weighted by atomic mass is 32.2. The molecule has 10 heavy (non-hydrogen) atoms. The number of nitrogens with zero attached hydrogens (tertiary/aromatic N) is 2. The van der Waals surface area contributed by atoms with Gasteiger partial charge in [-0.05, 0) is 17.9 Å². The molecule has 0 fully saturated rings. The van der Waals surface area contributed by atoms with E-state index in [0.29, 0.717) is 0 Å². The first kappa shape index (κ1) is 7.23. The summed E-state index contributed by atoms with van der Waals surface area (Å²) in [6.07, 6.45) is 3.82. The zero-order valence-corrected chi connectivity index (χ0v) is 6.56. The average molecular weight is 152 g/mol. The number of thioether (sulfide) groups is 1. The van der Waals surface area contributed by atoms with Gasteiger partial charge in [-0.3, -0.25) is 0 Å². The third-order valence-corrected chi connectivity index (χ3v) is 2.03. The molecule has 0 radical (unpaired) electrons. The van der Waals surface area contributed by atoms with E-state index in [2.05, 4.69) is 13.1 Å². The zero-order chi connectivity index (χ0) is 7.40. The summed E-state index contributed by atoms with van der Waals surface area (Å²) in [7, 11) is 0. The van der Waals surface area contributed by atoms with Crippen LogP contribution in [0.15, 0.2) is 23.4 Å². The molecule has 0 amide bonds. The predicted octanol–water partition coefficient (Wildman–Crippen LogP) is 1.93. The highest BCUT2D eigenvalue weighted by Gasteiger charge is 1.96. The summed E-state index contributed by atoms with van der Waals surface area (Å²) in [6, 6.07) is 3.82. The Morgan fingerprint density at radius 1 is 1.80 bits per heavy atom. The molecule has 0 aliphatic carbocycles. The standard InChI is InChI=1S/C7H8N2S/c1-2-10-7-4-3-5-9(7)6-8/h3-5H,2H2,1H3. The molecule has 52 valence electrons. The van der Waals surface area contributed by atoms with E-state index in [9.17, 15) is 0 Å². The van der Waals surface area contributed by atoms with Crippen LogP contribution in [0.3, 0.4) is 0 Å². The van der Waals surface area contributed by atoms with Crippen molar-refractivity contribution < 1.29 is 0 Å². The Morgan fingerprint density at radius 3 is 3.20 bits per heavy atom. The lowest BCUT2D eigenvalue weighted by molar-refractivity contribution is 0.976. The van der Waals surface area contributed by atoms with Crippen LogP contribution in [0.4, 0.5) is 0 Å². The lowest BCUT2D eigenvalue weighted by atomic mass is 10.7. The van der Waals surface area contributed by atoms with Crippen LogP contribution in [0.5, 0.6) is 0 Å². The first-order valence-corrected chi connectivity index (χ1v) is 4.07. The molecule has 0 atom stereocenters. The molecule has 0 N–H and O–H groups in total. The van der Waals surface area contributed by atoms with Crippen molar-refractivity contribution in [1.82, 2.24) is 4.57 Å². The van der Waals surface area contributed by atoms with Crippen LogP contribution in [0.25, 0.3) is 0 Å². The van der Waals surface area contributed by atoms with Gasteiger partial charge in [0.1, 0.15) is 0 Å². The van der Waals surface area contributed by atoms with Crippen molar-refractivity contribution in [3.8, 4) is 6.19 Å². The summed E-state index contributed by atoms with van der Waals surface area (Å²) >= 11 is 1.67. The van der Waals surface area contributed by atoms with Gasteiger partial charge in [-0.1, -0.05) is 6.92 Å². The van der Waals surface area contributed by atoms with Crippen molar-refractivity contribution in [3.63, 3.8) is 0 Å². The largest absolute Gasteiger partial charge is 0.249 e. The third-order valence-electron chi connectivity index (χ3n) is 1.11. The lowest BCUT2D eigenvalue weighted by Crippen LogP contribution is -1.86. The van der Waals surface area contributed by atoms with E-state index in [-0.39, 0.29) is 0 Å². The Hall–Kier alpha value is -0.880. The zero-order valence-electron chi connectivity index (χ0n) is 5.74. The molecule has 1 aromatic rings. The van der Waals surface area contributed by atoms with Crippen molar-refractivity contribution >= 4 is 11.8 Å². The second-order valence-corrected chi connectivity index (χ2v) is 3.03. The average Bonchev–Trinajstić information content (AvgIpc) is 2.36. The first-order valence-electron chi connectivity index (χ1n) is 3.08. The summed E-state index contributed by atoms with van der Waals surface area (Å²) in [5, 5.41) is 9.55. The molecule has 0 aliphatic rings. The molecule has 0 aliphatic heterocycles. The second-order valence-electron chi connectivity index (χ2n) is 1.75. The topological polar surface area (TPSA) is 28.7 Å². The lowest BCUT2D eigenvalue weighted by Gasteiger charge is -1.94. The van der Waals surface area contributed by atoms with E-state index in [0.717, 1.165) is 10.8 Å². The van der Waals surface area contributed by atoms with Crippen LogP contribution >= 0.6 is 11.8 Å². The Morgan fingerprint density at radius 2 is 2.60 bits per heavy atom. The minimum Gasteiger partial charge on any atom is -0.249 e. The van der Waals surface area contributed by atoms with Gasteiger partial charge in [-0.25, -0.2) is 4.57 Å². The summed E-state index contributed by atoms with van der Waals surface area (Å²) in [4.78, 5) is 0. The molecule has 3 heteroatoms. The molecule has 0 unspecified atom stereocenters. The molecular formula is C7H8N2S. The highest BCUT2D eigenvalue weighted by Crippen LogP contribution is 2.16. The van der Waals surface area contributed by atoms with Crippen LogP contribution in [-0.2, 0) is 0 Å². The molecule has 0 bridgehead atoms. The van der Waals surface area contributed by atoms with Crippen molar-refractivity contribution in [3.05, 3.63) is 18.3 Å². The molecule has 0 saturated heterocycles. The highest BCUT2D eigenvalue weighted by molar-refractivity contribution is 7.99. The fraction of sp³-hybridized carbons (Fsp3) is 0.286. The van der Waals surface area contributed by atoms with Gasteiger partial charge in [0.25, 0.3) is 0 Å². The van der Waals surface area contributed by atoms with Gasteiger partial charge in [0, 0.05) is 6.20 Å². The molecule has 1 aromatic heterocycles.